The number of guanidine groups is 1. The fourth-order valence-electron chi connectivity index (χ4n) is 2.90. The number of halogens is 1. The summed E-state index contributed by atoms with van der Waals surface area (Å²) in [6.45, 7) is 3.14. The first-order chi connectivity index (χ1) is 10.1. The minimum absolute atomic E-state index is 0. The molecule has 0 spiro atoms. The molecule has 1 aliphatic carbocycles. The van der Waals surface area contributed by atoms with Gasteiger partial charge in [0.2, 0.25) is 0 Å². The zero-order valence-electron chi connectivity index (χ0n) is 13.6. The highest BCUT2D eigenvalue weighted by molar-refractivity contribution is 14.0. The monoisotopic (exact) mass is 417 g/mol. The Kier molecular flexibility index (Phi) is 8.00. The lowest BCUT2D eigenvalue weighted by atomic mass is 9.83. The normalized spacial score (nSPS) is 18.0. The molecule has 1 aliphatic rings. The number of hydrogen-bond donors (Lipinski definition) is 2. The summed E-state index contributed by atoms with van der Waals surface area (Å²) in [7, 11) is 1.66. The number of anilines is 1. The molecule has 0 atom stereocenters. The predicted octanol–water partition coefficient (Wildman–Crippen LogP) is 4.40. The molecule has 2 rings (SSSR count). The Morgan fingerprint density at radius 2 is 1.95 bits per heavy atom. The quantitative estimate of drug-likeness (QED) is 0.331. The maximum absolute atomic E-state index is 6.01. The van der Waals surface area contributed by atoms with Gasteiger partial charge in [-0.15, -0.1) is 24.0 Å². The Hall–Kier alpha value is -0.980. The summed E-state index contributed by atoms with van der Waals surface area (Å²) in [4.78, 5) is 4.55. The van der Waals surface area contributed by atoms with Gasteiger partial charge in [-0.3, -0.25) is 4.99 Å². The summed E-state index contributed by atoms with van der Waals surface area (Å²) in [6.07, 6.45) is 7.85. The fraction of sp³-hybridized carbons (Fsp3) is 0.588. The third-order valence-electron chi connectivity index (χ3n) is 4.28. The van der Waals surface area contributed by atoms with Gasteiger partial charge in [0, 0.05) is 18.3 Å². The van der Waals surface area contributed by atoms with Crippen molar-refractivity contribution in [2.75, 3.05) is 19.0 Å². The van der Waals surface area contributed by atoms with Gasteiger partial charge in [-0.25, -0.2) is 0 Å². The Balaban J connectivity index is 0.00000242. The molecular weight excluding hydrogens is 389 g/mol. The van der Waals surface area contributed by atoms with Crippen molar-refractivity contribution >= 4 is 35.6 Å². The molecule has 3 N–H and O–H groups in total. The van der Waals surface area contributed by atoms with E-state index in [0.717, 1.165) is 18.0 Å². The van der Waals surface area contributed by atoms with Gasteiger partial charge in [-0.2, -0.15) is 0 Å². The molecular formula is C17H28IN3O. The van der Waals surface area contributed by atoms with Gasteiger partial charge < -0.3 is 15.8 Å². The largest absolute Gasteiger partial charge is 0.497 e. The molecule has 0 saturated heterocycles. The van der Waals surface area contributed by atoms with E-state index in [-0.39, 0.29) is 24.0 Å². The van der Waals surface area contributed by atoms with Crippen LogP contribution in [0.4, 0.5) is 5.69 Å². The number of nitrogens with one attached hydrogen (secondary N) is 1. The second-order valence-electron chi connectivity index (χ2n) is 6.28. The highest BCUT2D eigenvalue weighted by atomic mass is 127. The molecule has 1 aromatic rings. The summed E-state index contributed by atoms with van der Waals surface area (Å²) >= 11 is 0. The smallest absolute Gasteiger partial charge is 0.193 e. The van der Waals surface area contributed by atoms with Gasteiger partial charge >= 0.3 is 0 Å². The van der Waals surface area contributed by atoms with Crippen molar-refractivity contribution in [2.24, 2.45) is 16.1 Å². The first kappa shape index (κ1) is 19.1. The molecule has 1 aromatic carbocycles. The molecule has 1 saturated carbocycles. The highest BCUT2D eigenvalue weighted by Crippen LogP contribution is 2.34. The number of aliphatic imine (C=N–C) groups is 1. The van der Waals surface area contributed by atoms with E-state index in [0.29, 0.717) is 11.4 Å². The highest BCUT2D eigenvalue weighted by Gasteiger charge is 2.25. The van der Waals surface area contributed by atoms with E-state index in [1.165, 1.54) is 38.5 Å². The number of benzene rings is 1. The van der Waals surface area contributed by atoms with Crippen molar-refractivity contribution in [2.45, 2.75) is 45.4 Å². The second-order valence-corrected chi connectivity index (χ2v) is 6.28. The van der Waals surface area contributed by atoms with Gasteiger partial charge in [-0.05, 0) is 30.4 Å². The van der Waals surface area contributed by atoms with Crippen molar-refractivity contribution in [3.63, 3.8) is 0 Å². The molecule has 0 unspecified atom stereocenters. The van der Waals surface area contributed by atoms with Gasteiger partial charge in [0.15, 0.2) is 5.96 Å². The zero-order valence-corrected chi connectivity index (χ0v) is 15.9. The lowest BCUT2D eigenvalue weighted by Crippen LogP contribution is -2.27. The van der Waals surface area contributed by atoms with Crippen LogP contribution in [0.1, 0.15) is 45.4 Å². The van der Waals surface area contributed by atoms with Crippen LogP contribution in [-0.2, 0) is 0 Å². The SMILES string of the molecule is COc1cccc(NC(N)=NCC2(C)CCCCCC2)c1.I. The van der Waals surface area contributed by atoms with Crippen molar-refractivity contribution in [1.29, 1.82) is 0 Å². The fourth-order valence-corrected chi connectivity index (χ4v) is 2.90. The zero-order chi connectivity index (χ0) is 15.1. The van der Waals surface area contributed by atoms with Crippen LogP contribution in [0.2, 0.25) is 0 Å². The Morgan fingerprint density at radius 1 is 1.27 bits per heavy atom. The summed E-state index contributed by atoms with van der Waals surface area (Å²) < 4.78 is 5.20. The first-order valence-electron chi connectivity index (χ1n) is 7.82. The van der Waals surface area contributed by atoms with Crippen molar-refractivity contribution in [3.05, 3.63) is 24.3 Å². The van der Waals surface area contributed by atoms with Crippen LogP contribution >= 0.6 is 24.0 Å². The molecule has 124 valence electrons. The summed E-state index contributed by atoms with van der Waals surface area (Å²) in [6, 6.07) is 7.71. The summed E-state index contributed by atoms with van der Waals surface area (Å²) in [5, 5.41) is 3.14. The van der Waals surface area contributed by atoms with E-state index in [2.05, 4.69) is 17.2 Å². The molecule has 0 heterocycles. The molecule has 5 heteroatoms. The molecule has 0 amide bonds. The van der Waals surface area contributed by atoms with Gasteiger partial charge in [-0.1, -0.05) is 38.7 Å². The van der Waals surface area contributed by atoms with E-state index in [1.54, 1.807) is 7.11 Å². The van der Waals surface area contributed by atoms with Crippen molar-refractivity contribution in [1.82, 2.24) is 0 Å². The number of rotatable bonds is 4. The third kappa shape index (κ3) is 6.02. The van der Waals surface area contributed by atoms with Crippen LogP contribution in [-0.4, -0.2) is 19.6 Å². The third-order valence-corrected chi connectivity index (χ3v) is 4.28. The van der Waals surface area contributed by atoms with E-state index in [1.807, 2.05) is 24.3 Å². The van der Waals surface area contributed by atoms with Crippen LogP contribution in [0.15, 0.2) is 29.3 Å². The molecule has 1 fully saturated rings. The van der Waals surface area contributed by atoms with Crippen molar-refractivity contribution in [3.8, 4) is 5.75 Å². The van der Waals surface area contributed by atoms with Crippen molar-refractivity contribution < 1.29 is 4.74 Å². The van der Waals surface area contributed by atoms with E-state index >= 15 is 0 Å². The molecule has 0 bridgehead atoms. The number of methoxy groups -OCH3 is 1. The topological polar surface area (TPSA) is 59.6 Å². The average Bonchev–Trinajstić information content (AvgIpc) is 2.71. The maximum atomic E-state index is 6.01. The van der Waals surface area contributed by atoms with Gasteiger partial charge in [0.05, 0.1) is 7.11 Å². The van der Waals surface area contributed by atoms with E-state index < -0.39 is 0 Å². The lowest BCUT2D eigenvalue weighted by molar-refractivity contribution is 0.290. The predicted molar refractivity (Wildman–Crippen MR) is 104 cm³/mol. The molecule has 0 aromatic heterocycles. The number of nitrogens with zero attached hydrogens (tertiary/aromatic N) is 1. The van der Waals surface area contributed by atoms with Crippen LogP contribution in [0.25, 0.3) is 0 Å². The number of ether oxygens (including phenoxy) is 1. The van der Waals surface area contributed by atoms with Crippen LogP contribution in [0.5, 0.6) is 5.75 Å². The van der Waals surface area contributed by atoms with Gasteiger partial charge in [0.1, 0.15) is 5.75 Å². The Labute approximate surface area is 150 Å². The first-order valence-corrected chi connectivity index (χ1v) is 7.82. The Morgan fingerprint density at radius 3 is 2.59 bits per heavy atom. The second kappa shape index (κ2) is 9.22. The standard InChI is InChI=1S/C17H27N3O.HI/c1-17(10-5-3-4-6-11-17)13-19-16(18)20-14-8-7-9-15(12-14)21-2;/h7-9,12H,3-6,10-11,13H2,1-2H3,(H3,18,19,20);1H. The molecule has 0 aliphatic heterocycles. The summed E-state index contributed by atoms with van der Waals surface area (Å²) in [5.74, 6) is 1.29. The number of hydrogen-bond acceptors (Lipinski definition) is 2. The summed E-state index contributed by atoms with van der Waals surface area (Å²) in [5.41, 5.74) is 7.22. The van der Waals surface area contributed by atoms with Gasteiger partial charge in [0.25, 0.3) is 0 Å². The molecule has 22 heavy (non-hydrogen) atoms. The Bertz CT molecular complexity index is 483. The molecule has 4 nitrogen and oxygen atoms in total. The van der Waals surface area contributed by atoms with E-state index in [9.17, 15) is 0 Å². The number of nitrogens with two attached hydrogens (primary N) is 1. The minimum atomic E-state index is 0. The van der Waals surface area contributed by atoms with Crippen LogP contribution < -0.4 is 15.8 Å². The maximum Gasteiger partial charge on any atom is 0.193 e. The van der Waals surface area contributed by atoms with Crippen LogP contribution in [0, 0.1) is 5.41 Å². The van der Waals surface area contributed by atoms with E-state index in [4.69, 9.17) is 10.5 Å². The average molecular weight is 417 g/mol. The molecule has 0 radical (unpaired) electrons. The minimum Gasteiger partial charge on any atom is -0.497 e. The lowest BCUT2D eigenvalue weighted by Gasteiger charge is -2.26. The van der Waals surface area contributed by atoms with Crippen LogP contribution in [0.3, 0.4) is 0 Å².